The number of amides is 3. The number of fused-ring (bicyclic) bond motifs is 1. The van der Waals surface area contributed by atoms with Gasteiger partial charge in [-0.2, -0.15) is 0 Å². The van der Waals surface area contributed by atoms with Gasteiger partial charge < -0.3 is 9.88 Å². The minimum absolute atomic E-state index is 0.154. The number of carbonyl (C=O) groups is 3. The molecule has 1 aromatic carbocycles. The van der Waals surface area contributed by atoms with E-state index in [2.05, 4.69) is 21.2 Å². The molecule has 3 N–H and O–H groups in total. The lowest BCUT2D eigenvalue weighted by atomic mass is 10.2. The van der Waals surface area contributed by atoms with Crippen molar-refractivity contribution in [2.24, 2.45) is 5.92 Å². The van der Waals surface area contributed by atoms with Crippen molar-refractivity contribution >= 4 is 28.9 Å². The Kier molecular flexibility index (Phi) is 7.84. The van der Waals surface area contributed by atoms with Gasteiger partial charge in [-0.25, -0.2) is 14.3 Å². The van der Waals surface area contributed by atoms with Crippen molar-refractivity contribution in [3.8, 4) is 0 Å². The maximum Gasteiger partial charge on any atom is 0.333 e. The molecule has 2 heterocycles. The number of nitrogens with one attached hydrogen (secondary N) is 3. The van der Waals surface area contributed by atoms with E-state index >= 15 is 0 Å². The minimum atomic E-state index is -0.889. The van der Waals surface area contributed by atoms with Gasteiger partial charge >= 0.3 is 5.69 Å². The van der Waals surface area contributed by atoms with Crippen molar-refractivity contribution in [2.75, 3.05) is 0 Å². The van der Waals surface area contributed by atoms with Gasteiger partial charge in [-0.1, -0.05) is 44.2 Å². The predicted molar refractivity (Wildman–Crippen MR) is 128 cm³/mol. The summed E-state index contributed by atoms with van der Waals surface area (Å²) < 4.78 is 3.85. The summed E-state index contributed by atoms with van der Waals surface area (Å²) >= 11 is 0. The fourth-order valence-electron chi connectivity index (χ4n) is 3.61. The molecule has 2 aromatic heterocycles. The minimum Gasteiger partial charge on any atom is -0.345 e. The largest absolute Gasteiger partial charge is 0.345 e. The van der Waals surface area contributed by atoms with E-state index in [4.69, 9.17) is 0 Å². The number of hydrogen-bond acceptors (Lipinski definition) is 6. The molecule has 12 nitrogen and oxygen atoms in total. The van der Waals surface area contributed by atoms with E-state index in [1.165, 1.54) is 24.7 Å². The van der Waals surface area contributed by atoms with Crippen molar-refractivity contribution in [1.82, 2.24) is 34.9 Å². The van der Waals surface area contributed by atoms with Crippen molar-refractivity contribution in [2.45, 2.75) is 53.4 Å². The van der Waals surface area contributed by atoms with E-state index in [0.717, 1.165) is 10.1 Å². The summed E-state index contributed by atoms with van der Waals surface area (Å²) in [6.07, 6.45) is 1.51. The molecule has 0 spiro atoms. The topological polar surface area (TPSA) is 149 Å². The first kappa shape index (κ1) is 25.4. The Morgan fingerprint density at radius 1 is 1.00 bits per heavy atom. The molecule has 0 aliphatic heterocycles. The zero-order valence-electron chi connectivity index (χ0n) is 20.1. The highest BCUT2D eigenvalue weighted by molar-refractivity contribution is 5.88. The highest BCUT2D eigenvalue weighted by atomic mass is 16.2. The number of hydrazine groups is 1. The molecule has 0 aliphatic carbocycles. The summed E-state index contributed by atoms with van der Waals surface area (Å²) in [6, 6.07) is 8.33. The number of aromatic nitrogens is 4. The van der Waals surface area contributed by atoms with Crippen molar-refractivity contribution in [3.05, 3.63) is 63.1 Å². The molecule has 0 radical (unpaired) electrons. The van der Waals surface area contributed by atoms with E-state index in [0.29, 0.717) is 6.54 Å². The second kappa shape index (κ2) is 10.8. The van der Waals surface area contributed by atoms with Crippen LogP contribution in [-0.2, 0) is 34.0 Å². The summed E-state index contributed by atoms with van der Waals surface area (Å²) in [7, 11) is 0. The van der Waals surface area contributed by atoms with Crippen LogP contribution < -0.4 is 27.4 Å². The molecule has 0 aliphatic rings. The van der Waals surface area contributed by atoms with Gasteiger partial charge in [0.25, 0.3) is 17.4 Å². The SMILES string of the molecule is CC(=O)NC(C)C(=O)NNC(=O)Cn1c(=O)c2c(ncn2CC(C)C)n(Cc2ccccc2)c1=O. The Morgan fingerprint density at radius 3 is 2.31 bits per heavy atom. The van der Waals surface area contributed by atoms with Crippen LogP contribution in [-0.4, -0.2) is 42.4 Å². The summed E-state index contributed by atoms with van der Waals surface area (Å²) in [6.45, 7) is 6.71. The Balaban J connectivity index is 1.96. The third-order valence-electron chi connectivity index (χ3n) is 5.17. The molecule has 0 saturated heterocycles. The number of imidazole rings is 1. The van der Waals surface area contributed by atoms with Gasteiger partial charge in [-0.15, -0.1) is 0 Å². The third kappa shape index (κ3) is 6.02. The number of rotatable bonds is 8. The molecular formula is C23H29N7O5. The molecule has 0 saturated carbocycles. The van der Waals surface area contributed by atoms with Crippen LogP contribution in [0.3, 0.4) is 0 Å². The average Bonchev–Trinajstić information content (AvgIpc) is 3.21. The van der Waals surface area contributed by atoms with Gasteiger partial charge in [0, 0.05) is 13.5 Å². The smallest absolute Gasteiger partial charge is 0.333 e. The van der Waals surface area contributed by atoms with E-state index in [-0.39, 0.29) is 23.6 Å². The van der Waals surface area contributed by atoms with Crippen molar-refractivity contribution in [3.63, 3.8) is 0 Å². The van der Waals surface area contributed by atoms with Gasteiger partial charge in [0.05, 0.1) is 12.9 Å². The van der Waals surface area contributed by atoms with Gasteiger partial charge in [0.15, 0.2) is 11.2 Å². The molecule has 1 atom stereocenters. The lowest BCUT2D eigenvalue weighted by molar-refractivity contribution is -0.131. The van der Waals surface area contributed by atoms with E-state index in [1.54, 1.807) is 4.57 Å². The Labute approximate surface area is 200 Å². The Morgan fingerprint density at radius 2 is 1.69 bits per heavy atom. The summed E-state index contributed by atoms with van der Waals surface area (Å²) in [5.74, 6) is -1.64. The van der Waals surface area contributed by atoms with E-state index in [1.807, 2.05) is 44.2 Å². The standard InChI is InChI=1S/C23H29N7O5/c1-14(2)10-28-13-24-20-19(28)22(34)30(23(35)29(20)11-17-8-6-5-7-9-17)12-18(32)26-27-21(33)15(3)25-16(4)31/h5-9,13-15H,10-12H2,1-4H3,(H,25,31)(H,26,32)(H,27,33). The lowest BCUT2D eigenvalue weighted by Gasteiger charge is -2.15. The fourth-order valence-corrected chi connectivity index (χ4v) is 3.61. The second-order valence-corrected chi connectivity index (χ2v) is 8.67. The highest BCUT2D eigenvalue weighted by Crippen LogP contribution is 2.11. The van der Waals surface area contributed by atoms with Crippen LogP contribution in [0.1, 0.15) is 33.3 Å². The molecule has 0 bridgehead atoms. The average molecular weight is 484 g/mol. The maximum absolute atomic E-state index is 13.3. The highest BCUT2D eigenvalue weighted by Gasteiger charge is 2.21. The number of hydrogen-bond donors (Lipinski definition) is 3. The molecular weight excluding hydrogens is 454 g/mol. The van der Waals surface area contributed by atoms with Crippen LogP contribution >= 0.6 is 0 Å². The molecule has 3 aromatic rings. The summed E-state index contributed by atoms with van der Waals surface area (Å²) in [4.78, 5) is 66.6. The number of carbonyl (C=O) groups excluding carboxylic acids is 3. The first-order valence-corrected chi connectivity index (χ1v) is 11.2. The molecule has 186 valence electrons. The van der Waals surface area contributed by atoms with Gasteiger partial charge in [0.1, 0.15) is 12.6 Å². The summed E-state index contributed by atoms with van der Waals surface area (Å²) in [5.41, 5.74) is 4.27. The molecule has 0 fully saturated rings. The zero-order chi connectivity index (χ0) is 25.7. The monoisotopic (exact) mass is 483 g/mol. The third-order valence-corrected chi connectivity index (χ3v) is 5.17. The quantitative estimate of drug-likeness (QED) is 0.376. The lowest BCUT2D eigenvalue weighted by Crippen LogP contribution is -2.52. The van der Waals surface area contributed by atoms with Crippen LogP contribution in [0.5, 0.6) is 0 Å². The number of benzene rings is 1. The Bertz CT molecular complexity index is 1350. The molecule has 3 amide bonds. The van der Waals surface area contributed by atoms with Crippen LogP contribution in [0.2, 0.25) is 0 Å². The van der Waals surface area contributed by atoms with Crippen molar-refractivity contribution < 1.29 is 14.4 Å². The van der Waals surface area contributed by atoms with Crippen LogP contribution in [0.4, 0.5) is 0 Å². The van der Waals surface area contributed by atoms with Gasteiger partial charge in [0.2, 0.25) is 5.91 Å². The first-order chi connectivity index (χ1) is 16.6. The number of nitrogens with zero attached hydrogens (tertiary/aromatic N) is 4. The van der Waals surface area contributed by atoms with Crippen LogP contribution in [0.15, 0.2) is 46.2 Å². The fraction of sp³-hybridized carbons (Fsp3) is 0.391. The molecule has 3 rings (SSSR count). The van der Waals surface area contributed by atoms with Gasteiger partial charge in [-0.05, 0) is 18.4 Å². The summed E-state index contributed by atoms with van der Waals surface area (Å²) in [5, 5.41) is 2.38. The Hall–Kier alpha value is -4.22. The van der Waals surface area contributed by atoms with Crippen LogP contribution in [0, 0.1) is 5.92 Å². The van der Waals surface area contributed by atoms with Crippen molar-refractivity contribution in [1.29, 1.82) is 0 Å². The molecule has 1 unspecified atom stereocenters. The predicted octanol–water partition coefficient (Wildman–Crippen LogP) is -0.264. The zero-order valence-corrected chi connectivity index (χ0v) is 20.1. The maximum atomic E-state index is 13.3. The first-order valence-electron chi connectivity index (χ1n) is 11.2. The second-order valence-electron chi connectivity index (χ2n) is 8.67. The normalized spacial score (nSPS) is 11.9. The van der Waals surface area contributed by atoms with Crippen LogP contribution in [0.25, 0.3) is 11.2 Å². The van der Waals surface area contributed by atoms with E-state index < -0.39 is 41.6 Å². The van der Waals surface area contributed by atoms with E-state index in [9.17, 15) is 24.0 Å². The molecule has 12 heteroatoms. The molecule has 35 heavy (non-hydrogen) atoms. The van der Waals surface area contributed by atoms with Gasteiger partial charge in [-0.3, -0.25) is 34.6 Å².